The van der Waals surface area contributed by atoms with Crippen molar-refractivity contribution in [1.29, 1.82) is 0 Å². The van der Waals surface area contributed by atoms with Gasteiger partial charge in [-0.3, -0.25) is 0 Å². The average Bonchev–Trinajstić information content (AvgIpc) is 2.32. The summed E-state index contributed by atoms with van der Waals surface area (Å²) in [6.45, 7) is 8.33. The van der Waals surface area contributed by atoms with Crippen LogP contribution >= 0.6 is 0 Å². The first kappa shape index (κ1) is 13.5. The highest BCUT2D eigenvalue weighted by Gasteiger charge is 2.11. The predicted octanol–water partition coefficient (Wildman–Crippen LogP) is 5.65. The smallest absolute Gasteiger partial charge is 0.0171 e. The van der Waals surface area contributed by atoms with Crippen LogP contribution in [0.5, 0.6) is 0 Å². The van der Waals surface area contributed by atoms with Crippen LogP contribution in [0.3, 0.4) is 0 Å². The van der Waals surface area contributed by atoms with E-state index in [-0.39, 0.29) is 0 Å². The molecular formula is C16H28. The molecule has 0 aromatic rings. The summed E-state index contributed by atoms with van der Waals surface area (Å²) in [7, 11) is 0. The molecule has 0 bridgehead atoms. The predicted molar refractivity (Wildman–Crippen MR) is 73.6 cm³/mol. The van der Waals surface area contributed by atoms with Gasteiger partial charge in [0.1, 0.15) is 0 Å². The quantitative estimate of drug-likeness (QED) is 0.501. The molecule has 92 valence electrons. The van der Waals surface area contributed by atoms with Crippen molar-refractivity contribution in [2.24, 2.45) is 5.92 Å². The Morgan fingerprint density at radius 2 is 1.62 bits per heavy atom. The zero-order chi connectivity index (χ0) is 11.8. The summed E-state index contributed by atoms with van der Waals surface area (Å²) in [5.74, 6) is 0.767. The highest BCUT2D eigenvalue weighted by atomic mass is 14.2. The largest absolute Gasteiger partial charge is 0.0998 e. The summed E-state index contributed by atoms with van der Waals surface area (Å²) in [5, 5.41) is 0. The molecular weight excluding hydrogens is 192 g/mol. The maximum absolute atomic E-state index is 3.97. The fraction of sp³-hybridized carbons (Fsp3) is 0.750. The van der Waals surface area contributed by atoms with Gasteiger partial charge in [-0.05, 0) is 39.0 Å². The van der Waals surface area contributed by atoms with Crippen molar-refractivity contribution < 1.29 is 0 Å². The van der Waals surface area contributed by atoms with Crippen LogP contribution < -0.4 is 0 Å². The first-order valence-electron chi connectivity index (χ1n) is 7.01. The lowest BCUT2D eigenvalue weighted by Crippen LogP contribution is -2.04. The van der Waals surface area contributed by atoms with E-state index in [1.54, 1.807) is 5.57 Å². The van der Waals surface area contributed by atoms with Crippen molar-refractivity contribution in [3.63, 3.8) is 0 Å². The molecule has 0 heteroatoms. The van der Waals surface area contributed by atoms with Crippen molar-refractivity contribution in [1.82, 2.24) is 0 Å². The first-order valence-corrected chi connectivity index (χ1v) is 7.01. The third-order valence-corrected chi connectivity index (χ3v) is 3.83. The van der Waals surface area contributed by atoms with Gasteiger partial charge in [-0.1, -0.05) is 62.3 Å². The highest BCUT2D eigenvalue weighted by Crippen LogP contribution is 2.27. The second-order valence-corrected chi connectivity index (χ2v) is 5.49. The summed E-state index contributed by atoms with van der Waals surface area (Å²) >= 11 is 0. The highest BCUT2D eigenvalue weighted by molar-refractivity contribution is 5.09. The normalized spacial score (nSPS) is 25.1. The molecule has 0 saturated heterocycles. The van der Waals surface area contributed by atoms with Crippen LogP contribution in [0.15, 0.2) is 23.8 Å². The van der Waals surface area contributed by atoms with Gasteiger partial charge in [0.25, 0.3) is 0 Å². The third-order valence-electron chi connectivity index (χ3n) is 3.83. The molecule has 0 nitrogen and oxygen atoms in total. The lowest BCUT2D eigenvalue weighted by Gasteiger charge is -2.19. The second kappa shape index (κ2) is 7.70. The third kappa shape index (κ3) is 5.53. The number of rotatable bonds is 1. The fourth-order valence-electron chi connectivity index (χ4n) is 2.47. The minimum Gasteiger partial charge on any atom is -0.0998 e. The molecule has 1 saturated carbocycles. The zero-order valence-electron chi connectivity index (χ0n) is 11.2. The van der Waals surface area contributed by atoms with Crippen molar-refractivity contribution in [2.45, 2.75) is 71.6 Å². The molecule has 0 heterocycles. The Balaban J connectivity index is 0.000000181. The van der Waals surface area contributed by atoms with Crippen molar-refractivity contribution in [2.75, 3.05) is 0 Å². The molecule has 1 fully saturated rings. The summed E-state index contributed by atoms with van der Waals surface area (Å²) in [6, 6.07) is 0. The van der Waals surface area contributed by atoms with E-state index in [0.717, 1.165) is 5.92 Å². The molecule has 0 aromatic heterocycles. The van der Waals surface area contributed by atoms with E-state index in [1.165, 1.54) is 63.4 Å². The topological polar surface area (TPSA) is 0 Å². The van der Waals surface area contributed by atoms with Gasteiger partial charge in [0.05, 0.1) is 0 Å². The van der Waals surface area contributed by atoms with E-state index in [0.29, 0.717) is 0 Å². The molecule has 0 aliphatic heterocycles. The molecule has 2 rings (SSSR count). The van der Waals surface area contributed by atoms with Gasteiger partial charge in [0, 0.05) is 0 Å². The SMILES string of the molecule is C1CCCCC1.C=C(C)C1CC=C(C)CC1. The first-order chi connectivity index (χ1) is 7.70. The van der Waals surface area contributed by atoms with Crippen LogP contribution in [0.25, 0.3) is 0 Å². The summed E-state index contributed by atoms with van der Waals surface area (Å²) < 4.78 is 0. The number of hydrogen-bond donors (Lipinski definition) is 0. The van der Waals surface area contributed by atoms with Crippen LogP contribution in [-0.4, -0.2) is 0 Å². The van der Waals surface area contributed by atoms with Crippen molar-refractivity contribution >= 4 is 0 Å². The van der Waals surface area contributed by atoms with E-state index in [9.17, 15) is 0 Å². The van der Waals surface area contributed by atoms with E-state index < -0.39 is 0 Å². The average molecular weight is 220 g/mol. The molecule has 1 atom stereocenters. The van der Waals surface area contributed by atoms with E-state index >= 15 is 0 Å². The van der Waals surface area contributed by atoms with Crippen LogP contribution in [0, 0.1) is 5.92 Å². The van der Waals surface area contributed by atoms with Gasteiger partial charge in [0.2, 0.25) is 0 Å². The number of allylic oxidation sites excluding steroid dienone is 3. The maximum atomic E-state index is 3.97. The van der Waals surface area contributed by atoms with Crippen LogP contribution in [0.4, 0.5) is 0 Å². The molecule has 0 amide bonds. The molecule has 1 unspecified atom stereocenters. The standard InChI is InChI=1S/C10H16.C6H12/c1-8(2)10-6-4-9(3)5-7-10;1-2-4-6-5-3-1/h4,10H,1,5-7H2,2-3H3;1-6H2. The molecule has 0 aromatic carbocycles. The molecule has 16 heavy (non-hydrogen) atoms. The Labute approximate surface area is 102 Å². The molecule has 0 N–H and O–H groups in total. The lowest BCUT2D eigenvalue weighted by molar-refractivity contribution is 0.504. The van der Waals surface area contributed by atoms with Crippen LogP contribution in [0.2, 0.25) is 0 Å². The van der Waals surface area contributed by atoms with Gasteiger partial charge in [-0.2, -0.15) is 0 Å². The van der Waals surface area contributed by atoms with Crippen LogP contribution in [0.1, 0.15) is 71.6 Å². The van der Waals surface area contributed by atoms with Gasteiger partial charge in [-0.25, -0.2) is 0 Å². The van der Waals surface area contributed by atoms with Gasteiger partial charge in [-0.15, -0.1) is 0 Å². The Morgan fingerprint density at radius 3 is 1.94 bits per heavy atom. The van der Waals surface area contributed by atoms with Crippen molar-refractivity contribution in [3.05, 3.63) is 23.8 Å². The van der Waals surface area contributed by atoms with E-state index in [1.807, 2.05) is 0 Å². The van der Waals surface area contributed by atoms with Crippen molar-refractivity contribution in [3.8, 4) is 0 Å². The molecule has 0 radical (unpaired) electrons. The molecule has 2 aliphatic rings. The Morgan fingerprint density at radius 1 is 1.12 bits per heavy atom. The summed E-state index contributed by atoms with van der Waals surface area (Å²) in [5.41, 5.74) is 2.90. The van der Waals surface area contributed by atoms with Gasteiger partial charge >= 0.3 is 0 Å². The Hall–Kier alpha value is -0.520. The fourth-order valence-corrected chi connectivity index (χ4v) is 2.47. The second-order valence-electron chi connectivity index (χ2n) is 5.49. The lowest BCUT2D eigenvalue weighted by atomic mass is 9.86. The summed E-state index contributed by atoms with van der Waals surface area (Å²) in [4.78, 5) is 0. The van der Waals surface area contributed by atoms with Gasteiger partial charge in [0.15, 0.2) is 0 Å². The maximum Gasteiger partial charge on any atom is -0.0171 e. The minimum absolute atomic E-state index is 0.767. The van der Waals surface area contributed by atoms with E-state index in [4.69, 9.17) is 0 Å². The monoisotopic (exact) mass is 220 g/mol. The molecule has 0 spiro atoms. The molecule has 2 aliphatic carbocycles. The van der Waals surface area contributed by atoms with Gasteiger partial charge < -0.3 is 0 Å². The van der Waals surface area contributed by atoms with E-state index in [2.05, 4.69) is 26.5 Å². The summed E-state index contributed by atoms with van der Waals surface area (Å²) in [6.07, 6.45) is 15.2. The van der Waals surface area contributed by atoms with Crippen LogP contribution in [-0.2, 0) is 0 Å². The Bertz CT molecular complexity index is 219. The Kier molecular flexibility index (Phi) is 6.52. The zero-order valence-corrected chi connectivity index (χ0v) is 11.2. The minimum atomic E-state index is 0.767. The number of hydrogen-bond acceptors (Lipinski definition) is 0.